The summed E-state index contributed by atoms with van der Waals surface area (Å²) in [6, 6.07) is 5.17. The maximum Gasteiger partial charge on any atom is 0.248 e. The molecule has 2 aliphatic rings. The van der Waals surface area contributed by atoms with E-state index in [2.05, 4.69) is 0 Å². The topological polar surface area (TPSA) is 50.9 Å². The van der Waals surface area contributed by atoms with E-state index >= 15 is 0 Å². The largest absolute Gasteiger partial charge is 0.379 e. The molecule has 0 atom stereocenters. The fraction of sp³-hybridized carbons (Fsp3) is 0.550. The fourth-order valence-corrected chi connectivity index (χ4v) is 4.35. The Labute approximate surface area is 161 Å². The molecule has 1 saturated heterocycles. The van der Waals surface area contributed by atoms with Crippen molar-refractivity contribution in [2.75, 3.05) is 13.2 Å². The van der Waals surface area contributed by atoms with E-state index in [1.54, 1.807) is 28.8 Å². The van der Waals surface area contributed by atoms with Crippen LogP contribution in [0.3, 0.4) is 0 Å². The second-order valence-electron chi connectivity index (χ2n) is 7.80. The highest BCUT2D eigenvalue weighted by Crippen LogP contribution is 2.39. The number of carbonyl (C=O) groups excluding carboxylic acids is 1. The van der Waals surface area contributed by atoms with Crippen LogP contribution >= 0.6 is 11.6 Å². The van der Waals surface area contributed by atoms with Gasteiger partial charge in [-0.1, -0.05) is 11.6 Å². The monoisotopic (exact) mass is 397 g/mol. The Kier molecular flexibility index (Phi) is 4.77. The first kappa shape index (κ1) is 18.8. The van der Waals surface area contributed by atoms with E-state index in [4.69, 9.17) is 16.3 Å². The number of Topliss-reactive ketones (excluding diaryl/α,β-unsaturated/α-hetero) is 1. The molecule has 0 unspecified atom stereocenters. The molecule has 2 aromatic rings. The molecule has 2 fully saturated rings. The minimum atomic E-state index is -2.55. The van der Waals surface area contributed by atoms with Gasteiger partial charge in [0, 0.05) is 31.0 Å². The van der Waals surface area contributed by atoms with Crippen LogP contribution in [0.1, 0.15) is 54.6 Å². The molecule has 1 aliphatic heterocycles. The van der Waals surface area contributed by atoms with Gasteiger partial charge in [-0.3, -0.25) is 4.79 Å². The van der Waals surface area contributed by atoms with Gasteiger partial charge in [-0.2, -0.15) is 0 Å². The van der Waals surface area contributed by atoms with Crippen molar-refractivity contribution in [3.63, 3.8) is 0 Å². The van der Waals surface area contributed by atoms with Crippen molar-refractivity contribution in [3.05, 3.63) is 40.7 Å². The quantitative estimate of drug-likeness (QED) is 0.750. The molecule has 146 valence electrons. The Morgan fingerprint density at radius 2 is 2.04 bits per heavy atom. The molecule has 3 heterocycles. The van der Waals surface area contributed by atoms with Crippen LogP contribution < -0.4 is 0 Å². The molecular weight excluding hydrogens is 376 g/mol. The third kappa shape index (κ3) is 3.50. The van der Waals surface area contributed by atoms with Gasteiger partial charge in [-0.15, -0.1) is 0 Å². The van der Waals surface area contributed by atoms with Crippen molar-refractivity contribution in [1.82, 2.24) is 4.40 Å². The molecule has 0 aromatic carbocycles. The Balaban J connectivity index is 1.55. The Morgan fingerprint density at radius 3 is 2.67 bits per heavy atom. The summed E-state index contributed by atoms with van der Waals surface area (Å²) in [6.45, 7) is 0.352. The van der Waals surface area contributed by atoms with Crippen LogP contribution in [-0.2, 0) is 10.3 Å². The lowest BCUT2D eigenvalue weighted by atomic mass is 9.83. The predicted octanol–water partition coefficient (Wildman–Crippen LogP) is 4.60. The summed E-state index contributed by atoms with van der Waals surface area (Å²) in [7, 11) is 0. The van der Waals surface area contributed by atoms with Crippen molar-refractivity contribution < 1.29 is 23.4 Å². The highest BCUT2D eigenvalue weighted by atomic mass is 35.5. The van der Waals surface area contributed by atoms with Gasteiger partial charge < -0.3 is 14.2 Å². The lowest BCUT2D eigenvalue weighted by molar-refractivity contribution is -0.187. The lowest BCUT2D eigenvalue weighted by Gasteiger charge is -2.36. The summed E-state index contributed by atoms with van der Waals surface area (Å²) < 4.78 is 33.5. The number of ketones is 1. The maximum atomic E-state index is 13.3. The van der Waals surface area contributed by atoms with Crippen molar-refractivity contribution in [3.8, 4) is 0 Å². The molecule has 4 rings (SSSR count). The van der Waals surface area contributed by atoms with Crippen LogP contribution in [0.25, 0.3) is 5.52 Å². The Hall–Kier alpha value is -1.50. The number of carbonyl (C=O) groups is 1. The number of aromatic nitrogens is 1. The summed E-state index contributed by atoms with van der Waals surface area (Å²) >= 11 is 6.34. The highest BCUT2D eigenvalue weighted by Gasteiger charge is 2.41. The fourth-order valence-electron chi connectivity index (χ4n) is 4.09. The number of nitrogens with zero attached hydrogens (tertiary/aromatic N) is 1. The number of halogens is 3. The minimum Gasteiger partial charge on any atom is -0.379 e. The number of hydrogen-bond acceptors (Lipinski definition) is 3. The summed E-state index contributed by atoms with van der Waals surface area (Å²) in [4.78, 5) is 12.9. The predicted molar refractivity (Wildman–Crippen MR) is 97.6 cm³/mol. The van der Waals surface area contributed by atoms with Crippen LogP contribution in [-0.4, -0.2) is 34.4 Å². The van der Waals surface area contributed by atoms with Gasteiger partial charge in [0.25, 0.3) is 0 Å². The molecule has 7 heteroatoms. The van der Waals surface area contributed by atoms with E-state index in [1.807, 2.05) is 0 Å². The van der Waals surface area contributed by atoms with Gasteiger partial charge in [0.05, 0.1) is 29.4 Å². The first-order valence-corrected chi connectivity index (χ1v) is 9.68. The number of alkyl halides is 2. The van der Waals surface area contributed by atoms with Crippen LogP contribution in [0.4, 0.5) is 8.78 Å². The van der Waals surface area contributed by atoms with E-state index in [1.165, 1.54) is 0 Å². The maximum absolute atomic E-state index is 13.3. The normalized spacial score (nSPS) is 21.9. The number of ether oxygens (including phenoxy) is 1. The SMILES string of the molecule is O=C(CCC1CCC(F)(F)CC1)c1cc(C2(O)COC2)n2cccc(Cl)c12. The average Bonchev–Trinajstić information content (AvgIpc) is 3.00. The smallest absolute Gasteiger partial charge is 0.248 e. The molecule has 1 saturated carbocycles. The van der Waals surface area contributed by atoms with Gasteiger partial charge >= 0.3 is 0 Å². The van der Waals surface area contributed by atoms with E-state index in [9.17, 15) is 18.7 Å². The van der Waals surface area contributed by atoms with Gasteiger partial charge in [-0.25, -0.2) is 8.78 Å². The van der Waals surface area contributed by atoms with E-state index in [0.29, 0.717) is 41.1 Å². The van der Waals surface area contributed by atoms with Crippen molar-refractivity contribution >= 4 is 22.9 Å². The third-order valence-electron chi connectivity index (χ3n) is 5.82. The Bertz CT molecular complexity index is 865. The van der Waals surface area contributed by atoms with Crippen LogP contribution in [0.5, 0.6) is 0 Å². The molecule has 0 radical (unpaired) electrons. The average molecular weight is 398 g/mol. The standard InChI is InChI=1S/C20H22ClF2NO3/c21-15-2-1-9-24-17(19(26)11-27-12-19)10-14(18(15)24)16(25)4-3-13-5-7-20(22,23)8-6-13/h1-2,9-10,13,26H,3-8,11-12H2. The van der Waals surface area contributed by atoms with Gasteiger partial charge in [-0.05, 0) is 43.4 Å². The summed E-state index contributed by atoms with van der Waals surface area (Å²) in [5.41, 5.74) is 0.514. The van der Waals surface area contributed by atoms with Gasteiger partial charge in [0.1, 0.15) is 0 Å². The molecule has 1 aliphatic carbocycles. The molecule has 0 amide bonds. The first-order chi connectivity index (χ1) is 12.8. The second kappa shape index (κ2) is 6.83. The van der Waals surface area contributed by atoms with Crippen molar-refractivity contribution in [2.45, 2.75) is 50.0 Å². The van der Waals surface area contributed by atoms with Gasteiger partial charge in [0.15, 0.2) is 11.4 Å². The molecular formula is C20H22ClF2NO3. The second-order valence-corrected chi connectivity index (χ2v) is 8.21. The molecule has 0 bridgehead atoms. The van der Waals surface area contributed by atoms with E-state index in [-0.39, 0.29) is 44.2 Å². The van der Waals surface area contributed by atoms with Gasteiger partial charge in [0.2, 0.25) is 5.92 Å². The van der Waals surface area contributed by atoms with E-state index in [0.717, 1.165) is 0 Å². The molecule has 2 aromatic heterocycles. The van der Waals surface area contributed by atoms with E-state index < -0.39 is 11.5 Å². The lowest BCUT2D eigenvalue weighted by Crippen LogP contribution is -2.47. The van der Waals surface area contributed by atoms with Crippen LogP contribution in [0.15, 0.2) is 24.4 Å². The molecule has 0 spiro atoms. The number of fused-ring (bicyclic) bond motifs is 1. The Morgan fingerprint density at radius 1 is 1.33 bits per heavy atom. The summed E-state index contributed by atoms with van der Waals surface area (Å²) in [5.74, 6) is -2.48. The zero-order valence-electron chi connectivity index (χ0n) is 14.9. The molecule has 4 nitrogen and oxygen atoms in total. The van der Waals surface area contributed by atoms with Crippen LogP contribution in [0, 0.1) is 5.92 Å². The molecule has 1 N–H and O–H groups in total. The van der Waals surface area contributed by atoms with Crippen molar-refractivity contribution in [2.24, 2.45) is 5.92 Å². The first-order valence-electron chi connectivity index (χ1n) is 9.30. The zero-order valence-corrected chi connectivity index (χ0v) is 15.6. The number of rotatable bonds is 5. The van der Waals surface area contributed by atoms with Crippen molar-refractivity contribution in [1.29, 1.82) is 0 Å². The third-order valence-corrected chi connectivity index (χ3v) is 6.12. The number of hydrogen-bond donors (Lipinski definition) is 1. The highest BCUT2D eigenvalue weighted by molar-refractivity contribution is 6.35. The minimum absolute atomic E-state index is 0.0759. The number of pyridine rings is 1. The zero-order chi connectivity index (χ0) is 19.2. The van der Waals surface area contributed by atoms with Crippen LogP contribution in [0.2, 0.25) is 5.02 Å². The summed E-state index contributed by atoms with van der Waals surface area (Å²) in [5, 5.41) is 11.1. The number of aliphatic hydroxyl groups is 1. The summed E-state index contributed by atoms with van der Waals surface area (Å²) in [6.07, 6.45) is 3.38. The molecule has 27 heavy (non-hydrogen) atoms.